The number of rotatable bonds is 15. The third kappa shape index (κ3) is 11.8. The Balaban J connectivity index is 1.76. The predicted molar refractivity (Wildman–Crippen MR) is 229 cm³/mol. The van der Waals surface area contributed by atoms with Crippen LogP contribution in [-0.4, -0.2) is 106 Å². The van der Waals surface area contributed by atoms with E-state index in [0.29, 0.717) is 39.7 Å². The molecule has 3 aromatic rings. The Morgan fingerprint density at radius 1 is 1.02 bits per heavy atom. The van der Waals surface area contributed by atoms with Gasteiger partial charge in [0.2, 0.25) is 17.7 Å². The summed E-state index contributed by atoms with van der Waals surface area (Å²) in [4.78, 5) is 78.6. The minimum atomic E-state index is -1.44. The highest BCUT2D eigenvalue weighted by Gasteiger charge is 2.36. The van der Waals surface area contributed by atoms with Gasteiger partial charge in [-0.15, -0.1) is 0 Å². The number of aliphatic carboxylic acids is 1. The van der Waals surface area contributed by atoms with Crippen LogP contribution in [0.2, 0.25) is 0 Å². The molecule has 17 nitrogen and oxygen atoms in total. The maximum atomic E-state index is 14.5. The fourth-order valence-electron chi connectivity index (χ4n) is 6.75. The molecule has 9 N–H and O–H groups in total. The molecule has 2 heterocycles. The molecule has 17 heteroatoms. The van der Waals surface area contributed by atoms with Crippen molar-refractivity contribution in [1.29, 1.82) is 0 Å². The van der Waals surface area contributed by atoms with Crippen LogP contribution in [-0.2, 0) is 30.3 Å². The van der Waals surface area contributed by atoms with Gasteiger partial charge < -0.3 is 52.0 Å². The molecule has 0 saturated carbocycles. The summed E-state index contributed by atoms with van der Waals surface area (Å²) in [6.07, 6.45) is 4.91. The lowest BCUT2D eigenvalue weighted by Gasteiger charge is -2.32. The number of aromatic nitrogens is 2. The van der Waals surface area contributed by atoms with Crippen LogP contribution in [0.1, 0.15) is 78.9 Å². The molecule has 4 atom stereocenters. The topological polar surface area (TPSA) is 261 Å². The number of nitrogens with zero attached hydrogens (tertiary/aromatic N) is 3. The number of fused-ring (bicyclic) bond motifs is 5. The van der Waals surface area contributed by atoms with Crippen molar-refractivity contribution in [1.82, 2.24) is 30.8 Å². The van der Waals surface area contributed by atoms with Gasteiger partial charge in [0.1, 0.15) is 48.0 Å². The third-order valence-corrected chi connectivity index (χ3v) is 9.82. The average Bonchev–Trinajstić information content (AvgIpc) is 3.20. The lowest BCUT2D eigenvalue weighted by molar-refractivity contribution is -0.143. The molecule has 4 amide bonds. The second kappa shape index (κ2) is 21.1. The quantitative estimate of drug-likeness (QED) is 0.0859. The maximum Gasteiger partial charge on any atom is 0.326 e. The lowest BCUT2D eigenvalue weighted by Crippen LogP contribution is -2.55. The first-order chi connectivity index (χ1) is 28.9. The average molecular weight is 841 g/mol. The number of aryl methyl sites for hydroxylation is 2. The minimum absolute atomic E-state index is 0.0194. The normalized spacial score (nSPS) is 17.6. The van der Waals surface area contributed by atoms with Crippen LogP contribution in [0.5, 0.6) is 11.5 Å². The van der Waals surface area contributed by atoms with Gasteiger partial charge in [0.25, 0.3) is 5.91 Å². The molecule has 61 heavy (non-hydrogen) atoms. The van der Waals surface area contributed by atoms with Gasteiger partial charge in [0.05, 0.1) is 23.1 Å². The smallest absolute Gasteiger partial charge is 0.326 e. The summed E-state index contributed by atoms with van der Waals surface area (Å²) in [6, 6.07) is 3.86. The van der Waals surface area contributed by atoms with E-state index in [-0.39, 0.29) is 66.8 Å². The summed E-state index contributed by atoms with van der Waals surface area (Å²) in [5, 5.41) is 28.9. The molecule has 0 saturated heterocycles. The van der Waals surface area contributed by atoms with Crippen LogP contribution in [0.25, 0.3) is 16.7 Å². The number of carboxylic acid groups (broad SMARTS) is 1. The number of phenolic OH excluding ortho intramolecular Hbond substituents is 1. The zero-order valence-electron chi connectivity index (χ0n) is 35.6. The van der Waals surface area contributed by atoms with Crippen molar-refractivity contribution in [2.24, 2.45) is 11.5 Å². The Morgan fingerprint density at radius 2 is 1.70 bits per heavy atom. The number of nitrogens with one attached hydrogen (secondary N) is 3. The molecule has 1 aliphatic rings. The largest absolute Gasteiger partial charge is 0.507 e. The molecule has 0 unspecified atom stereocenters. The summed E-state index contributed by atoms with van der Waals surface area (Å²) >= 11 is 0. The van der Waals surface area contributed by atoms with Crippen LogP contribution in [0.15, 0.2) is 67.0 Å². The summed E-state index contributed by atoms with van der Waals surface area (Å²) in [5.41, 5.74) is 14.5. The molecule has 0 spiro atoms. The van der Waals surface area contributed by atoms with Crippen LogP contribution in [0.3, 0.4) is 0 Å². The van der Waals surface area contributed by atoms with Crippen LogP contribution in [0, 0.1) is 13.8 Å². The Hall–Kier alpha value is -6.59. The second-order valence-electron chi connectivity index (χ2n) is 14.9. The number of carbonyl (C=O) groups excluding carboxylic acids is 4. The van der Waals surface area contributed by atoms with E-state index < -0.39 is 53.8 Å². The van der Waals surface area contributed by atoms with E-state index in [1.54, 1.807) is 56.3 Å². The number of allylic oxidation sites excluding steroid dienone is 4. The molecule has 1 aliphatic heterocycles. The van der Waals surface area contributed by atoms with Crippen molar-refractivity contribution < 1.29 is 43.7 Å². The molecular weight excluding hydrogens is 785 g/mol. The zero-order chi connectivity index (χ0) is 45.1. The number of benzene rings is 2. The van der Waals surface area contributed by atoms with Crippen LogP contribution >= 0.6 is 0 Å². The van der Waals surface area contributed by atoms with E-state index >= 15 is 0 Å². The second-order valence-corrected chi connectivity index (χ2v) is 14.9. The van der Waals surface area contributed by atoms with Crippen molar-refractivity contribution in [2.45, 2.75) is 84.7 Å². The number of carbonyl (C=O) groups is 5. The first kappa shape index (κ1) is 47.1. The van der Waals surface area contributed by atoms with Gasteiger partial charge in [-0.3, -0.25) is 19.2 Å². The summed E-state index contributed by atoms with van der Waals surface area (Å²) in [5.74, 6) is -3.20. The molecule has 4 bridgehead atoms. The highest BCUT2D eigenvalue weighted by Crippen LogP contribution is 2.39. The molecule has 0 radical (unpaired) electrons. The minimum Gasteiger partial charge on any atom is -0.507 e. The standard InChI is InChI=1S/C44H56N8O9/c1-9-30(61-23(2)3)13-10-24(4)39-47-25(5)37(26(6)48-39)41(55)50-33(16-17-45)43(57)52(8)38-29-12-15-36(60-19-18-46)32(22-29)31-20-28(11-14-35(31)53)21-34(44(58)59)51-40(54)27(7)49-42(38)56/h9-15,20,22-23,27,33-34,38,53H,1,16-19,21,45-46H2,2-8H3,(H,49,56)(H,50,55)(H,51,54)(H,58,59)/b24-10+,30-13+/t27-,33-,34-,38-/m0/s1. The van der Waals surface area contributed by atoms with Gasteiger partial charge in [0, 0.05) is 31.1 Å². The number of ether oxygens (including phenoxy) is 2. The van der Waals surface area contributed by atoms with Crippen molar-refractivity contribution in [3.8, 4) is 22.6 Å². The first-order valence-electron chi connectivity index (χ1n) is 19.8. The van der Waals surface area contributed by atoms with Crippen LogP contribution in [0.4, 0.5) is 0 Å². The number of aromatic hydroxyl groups is 1. The summed E-state index contributed by atoms with van der Waals surface area (Å²) < 4.78 is 11.6. The Kier molecular flexibility index (Phi) is 16.3. The first-order valence-corrected chi connectivity index (χ1v) is 19.8. The van der Waals surface area contributed by atoms with Crippen molar-refractivity contribution in [2.75, 3.05) is 26.7 Å². The summed E-state index contributed by atoms with van der Waals surface area (Å²) in [6.45, 7) is 14.3. The number of hydrogen-bond donors (Lipinski definition) is 7. The summed E-state index contributed by atoms with van der Waals surface area (Å²) in [7, 11) is 1.37. The van der Waals surface area contributed by atoms with Crippen molar-refractivity contribution in [3.05, 3.63) is 101 Å². The molecule has 0 aliphatic carbocycles. The van der Waals surface area contributed by atoms with Gasteiger partial charge in [-0.25, -0.2) is 14.8 Å². The lowest BCUT2D eigenvalue weighted by atomic mass is 9.93. The number of hydrogen-bond acceptors (Lipinski definition) is 12. The number of nitrogens with two attached hydrogens (primary N) is 2. The molecule has 1 aromatic heterocycles. The number of phenols is 1. The van der Waals surface area contributed by atoms with E-state index in [1.165, 1.54) is 26.1 Å². The zero-order valence-corrected chi connectivity index (χ0v) is 35.6. The van der Waals surface area contributed by atoms with E-state index in [2.05, 4.69) is 32.5 Å². The molecule has 4 rings (SSSR count). The molecule has 2 aromatic carbocycles. The van der Waals surface area contributed by atoms with Crippen LogP contribution < -0.4 is 32.2 Å². The van der Waals surface area contributed by atoms with Gasteiger partial charge in [0.15, 0.2) is 5.82 Å². The fourth-order valence-corrected chi connectivity index (χ4v) is 6.75. The van der Waals surface area contributed by atoms with E-state index in [4.69, 9.17) is 20.9 Å². The SMILES string of the molecule is C=C/C(=C\C=C(/C)c1nc(C)c(C(=O)N[C@@H](CCN)C(=O)N(C)[C@@H]2C(=O)N[C@@H](C)C(=O)N[C@H](C(=O)O)Cc3ccc(O)c(c3)-c3cc2ccc3OCCN)c(C)n1)OC(C)C. The molecular formula is C44H56N8O9. The third-order valence-electron chi connectivity index (χ3n) is 9.82. The highest BCUT2D eigenvalue weighted by molar-refractivity contribution is 6.00. The number of likely N-dealkylation sites (N-methyl/N-ethyl adjacent to an activating group) is 1. The van der Waals surface area contributed by atoms with Crippen molar-refractivity contribution in [3.63, 3.8) is 0 Å². The molecule has 326 valence electrons. The van der Waals surface area contributed by atoms with E-state index in [1.807, 2.05) is 20.8 Å². The highest BCUT2D eigenvalue weighted by atomic mass is 16.5. The maximum absolute atomic E-state index is 14.5. The van der Waals surface area contributed by atoms with Gasteiger partial charge in [-0.1, -0.05) is 24.8 Å². The van der Waals surface area contributed by atoms with Crippen molar-refractivity contribution >= 4 is 35.2 Å². The number of amides is 4. The van der Waals surface area contributed by atoms with E-state index in [0.717, 1.165) is 4.90 Å². The number of carboxylic acids is 1. The fraction of sp³-hybridized carbons (Fsp3) is 0.386. The Bertz CT molecular complexity index is 2200. The van der Waals surface area contributed by atoms with Gasteiger partial charge >= 0.3 is 5.97 Å². The van der Waals surface area contributed by atoms with E-state index in [9.17, 15) is 34.2 Å². The molecule has 0 fully saturated rings. The van der Waals surface area contributed by atoms with Gasteiger partial charge in [-0.2, -0.15) is 0 Å². The monoisotopic (exact) mass is 840 g/mol. The Morgan fingerprint density at radius 3 is 2.31 bits per heavy atom. The van der Waals surface area contributed by atoms with Gasteiger partial charge in [-0.05, 0) is 108 Å². The predicted octanol–water partition coefficient (Wildman–Crippen LogP) is 2.98. The Labute approximate surface area is 355 Å².